The Balaban J connectivity index is 1.37. The van der Waals surface area contributed by atoms with Crippen molar-refractivity contribution < 1.29 is 0 Å². The summed E-state index contributed by atoms with van der Waals surface area (Å²) in [5, 5.41) is 9.83. The minimum Gasteiger partial charge on any atom is -0.299 e. The normalized spacial score (nSPS) is 13.7. The Labute approximate surface area is 206 Å². The van der Waals surface area contributed by atoms with Crippen molar-refractivity contribution in [1.29, 1.82) is 0 Å². The maximum atomic E-state index is 5.90. The average Bonchev–Trinajstić information content (AvgIpc) is 3.58. The number of rotatable bonds is 8. The van der Waals surface area contributed by atoms with Gasteiger partial charge in [0.2, 0.25) is 0 Å². The zero-order chi connectivity index (χ0) is 23.8. The van der Waals surface area contributed by atoms with Crippen LogP contribution in [0.25, 0.3) is 5.69 Å². The van der Waals surface area contributed by atoms with Gasteiger partial charge in [-0.05, 0) is 70.1 Å². The number of para-hydroxylation sites is 1. The van der Waals surface area contributed by atoms with Gasteiger partial charge in [0.15, 0.2) is 4.77 Å². The van der Waals surface area contributed by atoms with Crippen LogP contribution in [0.4, 0.5) is 0 Å². The second-order valence-corrected chi connectivity index (χ2v) is 9.85. The van der Waals surface area contributed by atoms with Crippen LogP contribution in [0.1, 0.15) is 52.7 Å². The molecule has 2 aromatic heterocycles. The summed E-state index contributed by atoms with van der Waals surface area (Å²) in [4.78, 5) is 2.27. The van der Waals surface area contributed by atoms with Crippen LogP contribution in [0.3, 0.4) is 0 Å². The van der Waals surface area contributed by atoms with E-state index in [0.29, 0.717) is 12.6 Å². The van der Waals surface area contributed by atoms with E-state index in [1.807, 2.05) is 10.7 Å². The number of hydrogen-bond donors (Lipinski definition) is 0. The van der Waals surface area contributed by atoms with E-state index in [0.717, 1.165) is 35.1 Å². The molecule has 1 fully saturated rings. The van der Waals surface area contributed by atoms with Crippen LogP contribution in [0, 0.1) is 25.5 Å². The van der Waals surface area contributed by atoms with E-state index in [9.17, 15) is 0 Å². The number of benzene rings is 2. The van der Waals surface area contributed by atoms with Crippen molar-refractivity contribution in [3.8, 4) is 5.69 Å². The summed E-state index contributed by atoms with van der Waals surface area (Å²) in [7, 11) is 2.12. The molecule has 4 aromatic rings. The van der Waals surface area contributed by atoms with Crippen molar-refractivity contribution in [2.75, 3.05) is 7.05 Å². The van der Waals surface area contributed by atoms with Gasteiger partial charge in [-0.3, -0.25) is 9.47 Å². The predicted octanol–water partition coefficient (Wildman–Crippen LogP) is 5.54. The highest BCUT2D eigenvalue weighted by Crippen LogP contribution is 2.39. The first-order chi connectivity index (χ1) is 16.4. The lowest BCUT2D eigenvalue weighted by Gasteiger charge is -2.17. The van der Waals surface area contributed by atoms with Crippen LogP contribution in [0.2, 0.25) is 0 Å². The molecule has 0 bridgehead atoms. The van der Waals surface area contributed by atoms with Crippen molar-refractivity contribution in [3.05, 3.63) is 93.3 Å². The van der Waals surface area contributed by atoms with Crippen LogP contribution in [0.15, 0.2) is 54.6 Å². The molecule has 0 aliphatic heterocycles. The standard InChI is InChI=1S/C27H32N6S/c1-19-10-8-9-13-25(19)33-21(3)24(20(2)28-33)17-30(4)18-32-27(34)31(26(29-32)23-14-15-23)16-22-11-6-5-7-12-22/h5-13,23H,14-18H2,1-4H3. The van der Waals surface area contributed by atoms with E-state index in [-0.39, 0.29) is 0 Å². The van der Waals surface area contributed by atoms with Crippen molar-refractivity contribution in [1.82, 2.24) is 29.0 Å². The van der Waals surface area contributed by atoms with Gasteiger partial charge in [0.05, 0.1) is 24.6 Å². The monoisotopic (exact) mass is 472 g/mol. The van der Waals surface area contributed by atoms with Crippen LogP contribution in [-0.4, -0.2) is 36.1 Å². The molecule has 1 aliphatic rings. The Bertz CT molecular complexity index is 1360. The lowest BCUT2D eigenvalue weighted by Crippen LogP contribution is -2.23. The lowest BCUT2D eigenvalue weighted by molar-refractivity contribution is 0.242. The largest absolute Gasteiger partial charge is 0.299 e. The van der Waals surface area contributed by atoms with Gasteiger partial charge in [0.1, 0.15) is 5.82 Å². The van der Waals surface area contributed by atoms with Crippen molar-refractivity contribution in [2.45, 2.75) is 59.3 Å². The van der Waals surface area contributed by atoms with Crippen molar-refractivity contribution in [2.24, 2.45) is 0 Å². The molecule has 0 radical (unpaired) electrons. The molecule has 5 rings (SSSR count). The van der Waals surface area contributed by atoms with E-state index in [1.165, 1.54) is 35.2 Å². The lowest BCUT2D eigenvalue weighted by atomic mass is 10.1. The molecule has 6 nitrogen and oxygen atoms in total. The summed E-state index contributed by atoms with van der Waals surface area (Å²) in [5.41, 5.74) is 7.09. The van der Waals surface area contributed by atoms with E-state index in [2.05, 4.69) is 90.5 Å². The van der Waals surface area contributed by atoms with E-state index < -0.39 is 0 Å². The van der Waals surface area contributed by atoms with E-state index >= 15 is 0 Å². The van der Waals surface area contributed by atoms with E-state index in [1.54, 1.807) is 0 Å². The molecule has 176 valence electrons. The van der Waals surface area contributed by atoms with Gasteiger partial charge in [-0.2, -0.15) is 10.2 Å². The molecule has 2 heterocycles. The van der Waals surface area contributed by atoms with E-state index in [4.69, 9.17) is 22.4 Å². The summed E-state index contributed by atoms with van der Waals surface area (Å²) in [5.74, 6) is 1.66. The number of hydrogen-bond acceptors (Lipinski definition) is 4. The second kappa shape index (κ2) is 9.31. The molecule has 7 heteroatoms. The second-order valence-electron chi connectivity index (χ2n) is 9.49. The summed E-state index contributed by atoms with van der Waals surface area (Å²) in [6.07, 6.45) is 2.40. The molecule has 1 saturated carbocycles. The van der Waals surface area contributed by atoms with Crippen LogP contribution < -0.4 is 0 Å². The zero-order valence-corrected chi connectivity index (χ0v) is 21.2. The number of aryl methyl sites for hydroxylation is 2. The van der Waals surface area contributed by atoms with Gasteiger partial charge in [-0.1, -0.05) is 48.5 Å². The Kier molecular flexibility index (Phi) is 6.23. The van der Waals surface area contributed by atoms with Gasteiger partial charge in [-0.25, -0.2) is 9.36 Å². The molecular weight excluding hydrogens is 440 g/mol. The summed E-state index contributed by atoms with van der Waals surface area (Å²) >= 11 is 5.90. The van der Waals surface area contributed by atoms with Crippen LogP contribution >= 0.6 is 12.2 Å². The fraction of sp³-hybridized carbons (Fsp3) is 0.370. The Morgan fingerprint density at radius 3 is 2.38 bits per heavy atom. The zero-order valence-electron chi connectivity index (χ0n) is 20.4. The van der Waals surface area contributed by atoms with Crippen molar-refractivity contribution >= 4 is 12.2 Å². The minimum absolute atomic E-state index is 0.536. The van der Waals surface area contributed by atoms with Gasteiger partial charge in [-0.15, -0.1) is 0 Å². The number of nitrogens with zero attached hydrogens (tertiary/aromatic N) is 6. The number of aromatic nitrogens is 5. The molecule has 0 saturated heterocycles. The molecule has 0 N–H and O–H groups in total. The highest BCUT2D eigenvalue weighted by molar-refractivity contribution is 7.71. The fourth-order valence-electron chi connectivity index (χ4n) is 4.60. The Morgan fingerprint density at radius 1 is 0.971 bits per heavy atom. The van der Waals surface area contributed by atoms with Crippen LogP contribution in [-0.2, 0) is 19.8 Å². The first kappa shape index (κ1) is 22.7. The topological polar surface area (TPSA) is 43.8 Å². The summed E-state index contributed by atoms with van der Waals surface area (Å²) in [6.45, 7) is 8.58. The van der Waals surface area contributed by atoms with Gasteiger partial charge < -0.3 is 0 Å². The van der Waals surface area contributed by atoms with Crippen molar-refractivity contribution in [3.63, 3.8) is 0 Å². The molecule has 34 heavy (non-hydrogen) atoms. The fourth-order valence-corrected chi connectivity index (χ4v) is 4.85. The summed E-state index contributed by atoms with van der Waals surface area (Å²) < 4.78 is 7.08. The third kappa shape index (κ3) is 4.50. The molecular formula is C27H32N6S. The highest BCUT2D eigenvalue weighted by atomic mass is 32.1. The SMILES string of the molecule is Cc1ccccc1-n1nc(C)c(CN(C)Cn2nc(C3CC3)n(Cc3ccccc3)c2=S)c1C. The van der Waals surface area contributed by atoms with Gasteiger partial charge in [0.25, 0.3) is 0 Å². The Morgan fingerprint density at radius 2 is 1.68 bits per heavy atom. The predicted molar refractivity (Wildman–Crippen MR) is 138 cm³/mol. The third-order valence-corrected chi connectivity index (χ3v) is 7.10. The molecule has 1 aliphatic carbocycles. The van der Waals surface area contributed by atoms with Crippen LogP contribution in [0.5, 0.6) is 0 Å². The first-order valence-corrected chi connectivity index (χ1v) is 12.3. The summed E-state index contributed by atoms with van der Waals surface area (Å²) in [6, 6.07) is 18.9. The smallest absolute Gasteiger partial charge is 0.199 e. The molecule has 2 aromatic carbocycles. The molecule has 0 amide bonds. The molecule has 0 atom stereocenters. The average molecular weight is 473 g/mol. The quantitative estimate of drug-likeness (QED) is 0.316. The van der Waals surface area contributed by atoms with Gasteiger partial charge >= 0.3 is 0 Å². The molecule has 0 spiro atoms. The third-order valence-electron chi connectivity index (χ3n) is 6.67. The maximum Gasteiger partial charge on any atom is 0.199 e. The first-order valence-electron chi connectivity index (χ1n) is 11.9. The Hall–Kier alpha value is -3.03. The van der Waals surface area contributed by atoms with Gasteiger partial charge in [0, 0.05) is 23.7 Å². The highest BCUT2D eigenvalue weighted by Gasteiger charge is 2.30. The molecule has 0 unspecified atom stereocenters. The maximum absolute atomic E-state index is 5.90. The minimum atomic E-state index is 0.536.